The molecule has 0 saturated carbocycles. The molecule has 2 aromatic rings. The molecule has 2 heterocycles. The van der Waals surface area contributed by atoms with E-state index in [1.165, 1.54) is 0 Å². The molecule has 1 fully saturated rings. The smallest absolute Gasteiger partial charge is 0.273 e. The topological polar surface area (TPSA) is 81.1 Å². The van der Waals surface area contributed by atoms with Crippen LogP contribution in [0.5, 0.6) is 5.75 Å². The summed E-state index contributed by atoms with van der Waals surface area (Å²) >= 11 is 5.94. The van der Waals surface area contributed by atoms with Crippen molar-refractivity contribution < 1.29 is 9.53 Å². The van der Waals surface area contributed by atoms with Gasteiger partial charge in [-0.1, -0.05) is 22.9 Å². The molecule has 7 nitrogen and oxygen atoms in total. The van der Waals surface area contributed by atoms with E-state index in [0.29, 0.717) is 29.1 Å². The van der Waals surface area contributed by atoms with Crippen molar-refractivity contribution in [1.29, 1.82) is 0 Å². The van der Waals surface area contributed by atoms with Gasteiger partial charge in [0.25, 0.3) is 5.91 Å². The van der Waals surface area contributed by atoms with Crippen molar-refractivity contribution in [1.82, 2.24) is 25.6 Å². The van der Waals surface area contributed by atoms with E-state index in [1.807, 2.05) is 6.07 Å². The Morgan fingerprint density at radius 2 is 2.20 bits per heavy atom. The van der Waals surface area contributed by atoms with Gasteiger partial charge in [-0.3, -0.25) is 4.79 Å². The van der Waals surface area contributed by atoms with Gasteiger partial charge >= 0.3 is 0 Å². The molecule has 9 heteroatoms. The number of aromatic nitrogens is 3. The third-order valence-corrected chi connectivity index (χ3v) is 4.35. The molecule has 0 aliphatic carbocycles. The van der Waals surface area contributed by atoms with Crippen LogP contribution in [0, 0.1) is 0 Å². The second-order valence-corrected chi connectivity index (χ2v) is 6.14. The first kappa shape index (κ1) is 19.5. The summed E-state index contributed by atoms with van der Waals surface area (Å²) in [7, 11) is 1.57. The number of nitrogens with one attached hydrogen (secondary N) is 2. The van der Waals surface area contributed by atoms with Crippen molar-refractivity contribution in [3.8, 4) is 5.75 Å². The van der Waals surface area contributed by atoms with E-state index in [2.05, 4.69) is 20.9 Å². The molecule has 3 rings (SSSR count). The van der Waals surface area contributed by atoms with Crippen LogP contribution in [0.2, 0.25) is 5.02 Å². The number of amides is 1. The number of rotatable bonds is 5. The second kappa shape index (κ2) is 9.03. The summed E-state index contributed by atoms with van der Waals surface area (Å²) in [6.45, 7) is 2.25. The van der Waals surface area contributed by atoms with Crippen LogP contribution >= 0.6 is 24.0 Å². The van der Waals surface area contributed by atoms with Crippen LogP contribution in [0.25, 0.3) is 0 Å². The monoisotopic (exact) mass is 385 g/mol. The first-order valence-electron chi connectivity index (χ1n) is 7.90. The zero-order valence-corrected chi connectivity index (χ0v) is 15.4. The van der Waals surface area contributed by atoms with E-state index in [0.717, 1.165) is 31.5 Å². The molecule has 0 radical (unpaired) electrons. The number of halogens is 2. The van der Waals surface area contributed by atoms with Gasteiger partial charge in [0.15, 0.2) is 5.69 Å². The van der Waals surface area contributed by atoms with Crippen LogP contribution in [0.3, 0.4) is 0 Å². The number of carbonyl (C=O) groups is 1. The average molecular weight is 386 g/mol. The normalized spacial score (nSPS) is 14.6. The van der Waals surface area contributed by atoms with Gasteiger partial charge in [-0.25, -0.2) is 4.68 Å². The number of ether oxygens (including phenoxy) is 1. The van der Waals surface area contributed by atoms with Gasteiger partial charge in [-0.15, -0.1) is 17.5 Å². The minimum Gasteiger partial charge on any atom is -0.496 e. The van der Waals surface area contributed by atoms with E-state index in [9.17, 15) is 4.79 Å². The number of methoxy groups -OCH3 is 1. The summed E-state index contributed by atoms with van der Waals surface area (Å²) < 4.78 is 7.06. The standard InChI is InChI=1S/C16H20ClN5O2.ClH/c1-24-15-8-12(17)3-2-11(15)9-19-16(23)14-10-22(21-20-14)13-4-6-18-7-5-13;/h2-3,8,10,13,18H,4-7,9H2,1H3,(H,19,23);1H. The fraction of sp³-hybridized carbons (Fsp3) is 0.438. The molecular weight excluding hydrogens is 365 g/mol. The molecule has 0 spiro atoms. The van der Waals surface area contributed by atoms with Crippen molar-refractivity contribution in [2.24, 2.45) is 0 Å². The van der Waals surface area contributed by atoms with E-state index in [1.54, 1.807) is 30.1 Å². The second-order valence-electron chi connectivity index (χ2n) is 5.70. The third kappa shape index (κ3) is 4.84. The zero-order chi connectivity index (χ0) is 16.9. The molecule has 1 amide bonds. The lowest BCUT2D eigenvalue weighted by Crippen LogP contribution is -2.29. The van der Waals surface area contributed by atoms with E-state index in [-0.39, 0.29) is 18.3 Å². The van der Waals surface area contributed by atoms with Crippen molar-refractivity contribution in [3.63, 3.8) is 0 Å². The average Bonchev–Trinajstić information content (AvgIpc) is 3.11. The van der Waals surface area contributed by atoms with Crippen LogP contribution in [0.4, 0.5) is 0 Å². The Labute approximate surface area is 157 Å². The predicted molar refractivity (Wildman–Crippen MR) is 97.6 cm³/mol. The minimum atomic E-state index is -0.257. The lowest BCUT2D eigenvalue weighted by atomic mass is 10.1. The van der Waals surface area contributed by atoms with Crippen LogP contribution < -0.4 is 15.4 Å². The first-order valence-corrected chi connectivity index (χ1v) is 8.28. The molecular formula is C16H21Cl2N5O2. The number of piperidine rings is 1. The summed E-state index contributed by atoms with van der Waals surface area (Å²) in [6, 6.07) is 5.61. The number of benzene rings is 1. The Morgan fingerprint density at radius 1 is 1.44 bits per heavy atom. The molecule has 0 atom stereocenters. The number of carbonyl (C=O) groups excluding carboxylic acids is 1. The molecule has 1 aliphatic heterocycles. The maximum absolute atomic E-state index is 12.3. The van der Waals surface area contributed by atoms with Crippen LogP contribution in [-0.4, -0.2) is 41.1 Å². The van der Waals surface area contributed by atoms with Crippen molar-refractivity contribution in [3.05, 3.63) is 40.7 Å². The summed E-state index contributed by atoms with van der Waals surface area (Å²) in [5.74, 6) is 0.383. The Morgan fingerprint density at radius 3 is 2.92 bits per heavy atom. The molecule has 0 unspecified atom stereocenters. The van der Waals surface area contributed by atoms with Crippen LogP contribution in [-0.2, 0) is 6.54 Å². The van der Waals surface area contributed by atoms with Gasteiger partial charge in [0.1, 0.15) is 5.75 Å². The number of nitrogens with zero attached hydrogens (tertiary/aromatic N) is 3. The minimum absolute atomic E-state index is 0. The first-order chi connectivity index (χ1) is 11.7. The Balaban J connectivity index is 0.00000225. The molecule has 2 N–H and O–H groups in total. The number of hydrogen-bond acceptors (Lipinski definition) is 5. The van der Waals surface area contributed by atoms with Gasteiger partial charge in [-0.2, -0.15) is 0 Å². The Bertz CT molecular complexity index is 716. The SMILES string of the molecule is COc1cc(Cl)ccc1CNC(=O)c1cn(C2CCNCC2)nn1.Cl. The van der Waals surface area contributed by atoms with Gasteiger partial charge in [0, 0.05) is 17.1 Å². The molecule has 136 valence electrons. The van der Waals surface area contributed by atoms with Gasteiger partial charge in [-0.05, 0) is 38.1 Å². The lowest BCUT2D eigenvalue weighted by Gasteiger charge is -2.22. The molecule has 1 saturated heterocycles. The largest absolute Gasteiger partial charge is 0.496 e. The quantitative estimate of drug-likeness (QED) is 0.824. The van der Waals surface area contributed by atoms with Crippen LogP contribution in [0.1, 0.15) is 34.9 Å². The summed E-state index contributed by atoms with van der Waals surface area (Å²) in [5, 5.41) is 14.8. The lowest BCUT2D eigenvalue weighted by molar-refractivity contribution is 0.0945. The highest BCUT2D eigenvalue weighted by atomic mass is 35.5. The van der Waals surface area contributed by atoms with Crippen molar-refractivity contribution in [2.75, 3.05) is 20.2 Å². The highest BCUT2D eigenvalue weighted by Crippen LogP contribution is 2.23. The zero-order valence-electron chi connectivity index (χ0n) is 13.9. The fourth-order valence-corrected chi connectivity index (χ4v) is 2.92. The van der Waals surface area contributed by atoms with Gasteiger partial charge in [0.05, 0.1) is 19.3 Å². The summed E-state index contributed by atoms with van der Waals surface area (Å²) in [4.78, 5) is 12.3. The van der Waals surface area contributed by atoms with Crippen molar-refractivity contribution in [2.45, 2.75) is 25.4 Å². The van der Waals surface area contributed by atoms with Crippen LogP contribution in [0.15, 0.2) is 24.4 Å². The van der Waals surface area contributed by atoms with Crippen molar-refractivity contribution >= 4 is 29.9 Å². The highest BCUT2D eigenvalue weighted by Gasteiger charge is 2.18. The molecule has 1 aromatic carbocycles. The third-order valence-electron chi connectivity index (χ3n) is 4.11. The highest BCUT2D eigenvalue weighted by molar-refractivity contribution is 6.30. The maximum Gasteiger partial charge on any atom is 0.273 e. The molecule has 25 heavy (non-hydrogen) atoms. The summed E-state index contributed by atoms with van der Waals surface area (Å²) in [6.07, 6.45) is 3.70. The van der Waals surface area contributed by atoms with Gasteiger partial charge < -0.3 is 15.4 Å². The Kier molecular flexibility index (Phi) is 7.04. The van der Waals surface area contributed by atoms with E-state index in [4.69, 9.17) is 16.3 Å². The molecule has 0 bridgehead atoms. The molecule has 1 aromatic heterocycles. The molecule has 1 aliphatic rings. The van der Waals surface area contributed by atoms with E-state index >= 15 is 0 Å². The Hall–Kier alpha value is -1.83. The van der Waals surface area contributed by atoms with E-state index < -0.39 is 0 Å². The van der Waals surface area contributed by atoms with Gasteiger partial charge in [0.2, 0.25) is 0 Å². The maximum atomic E-state index is 12.3. The predicted octanol–water partition coefficient (Wildman–Crippen LogP) is 2.22. The fourth-order valence-electron chi connectivity index (χ4n) is 2.76. The summed E-state index contributed by atoms with van der Waals surface area (Å²) in [5.41, 5.74) is 1.17. The number of hydrogen-bond donors (Lipinski definition) is 2.